The molecule has 4 aromatic rings. The second-order valence-corrected chi connectivity index (χ2v) is 8.02. The molecule has 3 aromatic carbocycles. The van der Waals surface area contributed by atoms with Crippen molar-refractivity contribution in [3.05, 3.63) is 95.6 Å². The van der Waals surface area contributed by atoms with E-state index < -0.39 is 0 Å². The molecule has 0 aliphatic rings. The molecule has 0 saturated heterocycles. The summed E-state index contributed by atoms with van der Waals surface area (Å²) in [5, 5.41) is 10.8. The van der Waals surface area contributed by atoms with E-state index in [0.717, 1.165) is 33.9 Å². The summed E-state index contributed by atoms with van der Waals surface area (Å²) in [5.74, 6) is 2.63. The van der Waals surface area contributed by atoms with Crippen LogP contribution in [-0.2, 0) is 13.1 Å². The van der Waals surface area contributed by atoms with Gasteiger partial charge in [0.25, 0.3) is 5.91 Å². The highest BCUT2D eigenvalue weighted by atomic mass is 16.5. The number of aromatic nitrogens is 3. The van der Waals surface area contributed by atoms with E-state index in [0.29, 0.717) is 25.0 Å². The van der Waals surface area contributed by atoms with Crippen molar-refractivity contribution in [3.63, 3.8) is 0 Å². The Labute approximate surface area is 215 Å². The number of rotatable bonds is 11. The average molecular weight is 500 g/mol. The van der Waals surface area contributed by atoms with Crippen molar-refractivity contribution in [2.45, 2.75) is 13.1 Å². The molecule has 2 N–H and O–H groups in total. The Bertz CT molecular complexity index is 1330. The molecule has 0 radical (unpaired) electrons. The third-order valence-electron chi connectivity index (χ3n) is 5.57. The van der Waals surface area contributed by atoms with Gasteiger partial charge in [0.2, 0.25) is 11.9 Å². The van der Waals surface area contributed by atoms with Gasteiger partial charge in [0.15, 0.2) is 0 Å². The molecule has 1 aromatic heterocycles. The average Bonchev–Trinajstić information content (AvgIpc) is 3.37. The number of nitrogens with zero attached hydrogens (tertiary/aromatic N) is 3. The zero-order valence-corrected chi connectivity index (χ0v) is 21.0. The largest absolute Gasteiger partial charge is 0.497 e. The van der Waals surface area contributed by atoms with Crippen LogP contribution in [0.15, 0.2) is 78.9 Å². The molecule has 9 nitrogen and oxygen atoms in total. The molecule has 9 heteroatoms. The van der Waals surface area contributed by atoms with Crippen molar-refractivity contribution in [1.29, 1.82) is 0 Å². The molecule has 0 aliphatic carbocycles. The van der Waals surface area contributed by atoms with Gasteiger partial charge in [-0.3, -0.25) is 4.79 Å². The molecule has 0 aliphatic heterocycles. The number of carbonyl (C=O) groups is 1. The van der Waals surface area contributed by atoms with E-state index in [1.165, 1.54) is 10.8 Å². The maximum Gasteiger partial charge on any atom is 0.274 e. The van der Waals surface area contributed by atoms with Gasteiger partial charge < -0.3 is 24.8 Å². The highest BCUT2D eigenvalue weighted by Crippen LogP contribution is 2.17. The van der Waals surface area contributed by atoms with Gasteiger partial charge in [-0.15, -0.1) is 5.10 Å². The number of benzene rings is 3. The Hall–Kier alpha value is -4.79. The van der Waals surface area contributed by atoms with E-state index in [2.05, 4.69) is 20.7 Å². The highest BCUT2D eigenvalue weighted by Gasteiger charge is 2.15. The lowest BCUT2D eigenvalue weighted by Crippen LogP contribution is -2.14. The van der Waals surface area contributed by atoms with E-state index in [9.17, 15) is 4.79 Å². The molecule has 0 spiro atoms. The van der Waals surface area contributed by atoms with Crippen molar-refractivity contribution >= 4 is 23.9 Å². The quantitative estimate of drug-likeness (QED) is 0.282. The van der Waals surface area contributed by atoms with Gasteiger partial charge in [0.1, 0.15) is 17.2 Å². The molecule has 0 fully saturated rings. The Morgan fingerprint density at radius 3 is 1.76 bits per heavy atom. The molecule has 0 saturated carbocycles. The fourth-order valence-corrected chi connectivity index (χ4v) is 3.46. The second kappa shape index (κ2) is 12.3. The van der Waals surface area contributed by atoms with Gasteiger partial charge >= 0.3 is 0 Å². The normalized spacial score (nSPS) is 10.8. The van der Waals surface area contributed by atoms with Gasteiger partial charge in [-0.2, -0.15) is 9.67 Å². The number of nitrogens with one attached hydrogen (secondary N) is 2. The number of anilines is 2. The zero-order chi connectivity index (χ0) is 26.0. The maximum atomic E-state index is 13.1. The first-order chi connectivity index (χ1) is 18.1. The van der Waals surface area contributed by atoms with E-state index in [1.54, 1.807) is 27.4 Å². The van der Waals surface area contributed by atoms with Gasteiger partial charge in [0.05, 0.1) is 21.3 Å². The van der Waals surface area contributed by atoms with Gasteiger partial charge in [-0.25, -0.2) is 0 Å². The van der Waals surface area contributed by atoms with Crippen LogP contribution in [0.2, 0.25) is 0 Å². The van der Waals surface area contributed by atoms with Crippen molar-refractivity contribution in [1.82, 2.24) is 14.8 Å². The van der Waals surface area contributed by atoms with Crippen molar-refractivity contribution in [2.24, 2.45) is 0 Å². The molecule has 0 amide bonds. The van der Waals surface area contributed by atoms with Crippen LogP contribution in [0.4, 0.5) is 11.9 Å². The first-order valence-electron chi connectivity index (χ1n) is 11.6. The lowest BCUT2D eigenvalue weighted by molar-refractivity contribution is 0.0957. The predicted molar refractivity (Wildman–Crippen MR) is 143 cm³/mol. The number of methoxy groups -OCH3 is 3. The minimum atomic E-state index is -0.335. The second-order valence-electron chi connectivity index (χ2n) is 8.02. The first kappa shape index (κ1) is 25.3. The van der Waals surface area contributed by atoms with Crippen molar-refractivity contribution in [3.8, 4) is 17.2 Å². The third kappa shape index (κ3) is 6.88. The lowest BCUT2D eigenvalue weighted by atomic mass is 10.2. The van der Waals surface area contributed by atoms with Gasteiger partial charge in [0, 0.05) is 19.2 Å². The van der Waals surface area contributed by atoms with Crippen LogP contribution in [0.3, 0.4) is 0 Å². The van der Waals surface area contributed by atoms with Crippen LogP contribution in [0.5, 0.6) is 17.2 Å². The summed E-state index contributed by atoms with van der Waals surface area (Å²) in [5.41, 5.74) is 2.89. The fourth-order valence-electron chi connectivity index (χ4n) is 3.46. The van der Waals surface area contributed by atoms with E-state index in [-0.39, 0.29) is 5.91 Å². The maximum absolute atomic E-state index is 13.1. The Morgan fingerprint density at radius 2 is 1.24 bits per heavy atom. The van der Waals surface area contributed by atoms with Crippen LogP contribution in [0.25, 0.3) is 6.08 Å². The number of hydrogen-bond donors (Lipinski definition) is 2. The number of allylic oxidation sites excluding steroid dienone is 1. The van der Waals surface area contributed by atoms with E-state index >= 15 is 0 Å². The van der Waals surface area contributed by atoms with Crippen LogP contribution in [0, 0.1) is 0 Å². The molecule has 1 heterocycles. The number of hydrogen-bond acceptors (Lipinski definition) is 8. The Morgan fingerprint density at radius 1 is 0.757 bits per heavy atom. The van der Waals surface area contributed by atoms with Crippen molar-refractivity contribution in [2.75, 3.05) is 32.0 Å². The number of carbonyl (C=O) groups excluding carboxylic acids is 1. The molecule has 0 bridgehead atoms. The van der Waals surface area contributed by atoms with Crippen LogP contribution in [0.1, 0.15) is 21.5 Å². The monoisotopic (exact) mass is 499 g/mol. The predicted octanol–water partition coefficient (Wildman–Crippen LogP) is 4.88. The molecule has 4 rings (SSSR count). The highest BCUT2D eigenvalue weighted by molar-refractivity contribution is 5.94. The molecule has 0 atom stereocenters. The van der Waals surface area contributed by atoms with Crippen LogP contribution >= 0.6 is 0 Å². The smallest absolute Gasteiger partial charge is 0.274 e. The molecule has 190 valence electrons. The summed E-state index contributed by atoms with van der Waals surface area (Å²) in [7, 11) is 4.87. The molecule has 37 heavy (non-hydrogen) atoms. The van der Waals surface area contributed by atoms with E-state index in [4.69, 9.17) is 14.2 Å². The Balaban J connectivity index is 1.50. The van der Waals surface area contributed by atoms with Crippen molar-refractivity contribution < 1.29 is 19.0 Å². The minimum Gasteiger partial charge on any atom is -0.497 e. The van der Waals surface area contributed by atoms with Crippen LogP contribution in [-0.4, -0.2) is 42.0 Å². The SMILES string of the molecule is COc1ccc(C=CC(=O)n2nc(NCc3ccc(OC)cc3)nc2NCc2ccc(OC)cc2)cc1. The summed E-state index contributed by atoms with van der Waals surface area (Å²) in [6.45, 7) is 0.942. The topological polar surface area (TPSA) is 99.5 Å². The number of ether oxygens (including phenoxy) is 3. The van der Waals surface area contributed by atoms with Crippen LogP contribution < -0.4 is 24.8 Å². The standard InChI is InChI=1S/C28H29N5O4/c1-35-23-11-4-20(5-12-23)10-17-26(34)33-28(30-19-22-8-15-25(37-3)16-9-22)31-27(32-33)29-18-21-6-13-24(36-2)14-7-21/h4-17H,18-19H2,1-3H3,(H2,29,30,31,32). The Kier molecular flexibility index (Phi) is 8.38. The van der Waals surface area contributed by atoms with Gasteiger partial charge in [-0.05, 0) is 59.2 Å². The minimum absolute atomic E-state index is 0.331. The molecule has 0 unspecified atom stereocenters. The molecular weight excluding hydrogens is 470 g/mol. The zero-order valence-electron chi connectivity index (χ0n) is 21.0. The summed E-state index contributed by atoms with van der Waals surface area (Å²) < 4.78 is 16.9. The molecular formula is C28H29N5O4. The van der Waals surface area contributed by atoms with E-state index in [1.807, 2.05) is 72.8 Å². The summed E-state index contributed by atoms with van der Waals surface area (Å²) in [6.07, 6.45) is 3.18. The fraction of sp³-hybridized carbons (Fsp3) is 0.179. The summed E-state index contributed by atoms with van der Waals surface area (Å²) >= 11 is 0. The lowest BCUT2D eigenvalue weighted by Gasteiger charge is -2.07. The van der Waals surface area contributed by atoms with Gasteiger partial charge in [-0.1, -0.05) is 36.4 Å². The first-order valence-corrected chi connectivity index (χ1v) is 11.6. The summed E-state index contributed by atoms with van der Waals surface area (Å²) in [4.78, 5) is 17.6. The summed E-state index contributed by atoms with van der Waals surface area (Å²) in [6, 6.07) is 22.7. The third-order valence-corrected chi connectivity index (χ3v) is 5.57.